The molecule has 4 nitrogen and oxygen atoms in total. The van der Waals surface area contributed by atoms with Crippen LogP contribution in [0.2, 0.25) is 0 Å². The summed E-state index contributed by atoms with van der Waals surface area (Å²) >= 11 is 0. The molecule has 7 heteroatoms. The van der Waals surface area contributed by atoms with E-state index in [1.165, 1.54) is 16.4 Å². The molecule has 2 rings (SSSR count). The van der Waals surface area contributed by atoms with Crippen molar-refractivity contribution in [1.29, 1.82) is 0 Å². The Balaban J connectivity index is 1.85. The maximum Gasteiger partial charge on any atom is 0.319 e. The molecule has 3 atom stereocenters. The number of rotatable bonds is 12. The van der Waals surface area contributed by atoms with E-state index < -0.39 is 8.25 Å². The average molecular weight is 440 g/mol. The van der Waals surface area contributed by atoms with Gasteiger partial charge in [0.05, 0.1) is 19.6 Å². The van der Waals surface area contributed by atoms with E-state index in [1.807, 2.05) is 19.1 Å². The molecule has 28 heavy (non-hydrogen) atoms. The van der Waals surface area contributed by atoms with Crippen LogP contribution in [-0.2, 0) is 13.6 Å². The second-order valence-electron chi connectivity index (χ2n) is 6.24. The first kappa shape index (κ1) is 23.5. The number of hydrogen-bond acceptors (Lipinski definition) is 4. The molecule has 0 bridgehead atoms. The molecule has 3 unspecified atom stereocenters. The molecule has 0 radical (unpaired) electrons. The van der Waals surface area contributed by atoms with Crippen LogP contribution in [0, 0.1) is 0 Å². The highest BCUT2D eigenvalue weighted by Crippen LogP contribution is 2.45. The van der Waals surface area contributed by atoms with Gasteiger partial charge in [-0.1, -0.05) is 66.7 Å². The second-order valence-corrected chi connectivity index (χ2v) is 11.8. The van der Waals surface area contributed by atoms with E-state index in [4.69, 9.17) is 13.8 Å². The van der Waals surface area contributed by atoms with E-state index >= 15 is 0 Å². The molecule has 0 N–H and O–H groups in total. The average Bonchev–Trinajstić information content (AvgIpc) is 2.72. The van der Waals surface area contributed by atoms with Gasteiger partial charge in [0.1, 0.15) is 5.75 Å². The van der Waals surface area contributed by atoms with Crippen LogP contribution in [0.15, 0.2) is 48.5 Å². The molecule has 0 spiro atoms. The van der Waals surface area contributed by atoms with Gasteiger partial charge in [0, 0.05) is 0 Å². The van der Waals surface area contributed by atoms with Gasteiger partial charge in [-0.15, -0.1) is 0 Å². The minimum atomic E-state index is -2.42. The zero-order valence-electron chi connectivity index (χ0n) is 17.1. The third kappa shape index (κ3) is 7.25. The van der Waals surface area contributed by atoms with Crippen molar-refractivity contribution in [3.63, 3.8) is 0 Å². The first-order chi connectivity index (χ1) is 13.6. The Kier molecular flexibility index (Phi) is 10.7. The Hall–Kier alpha value is -0.750. The topological polar surface area (TPSA) is 44.8 Å². The van der Waals surface area contributed by atoms with E-state index in [1.54, 1.807) is 7.11 Å². The van der Waals surface area contributed by atoms with Crippen molar-refractivity contribution in [3.8, 4) is 16.9 Å². The number of hydrogen-bond donors (Lipinski definition) is 0. The molecule has 0 fully saturated rings. The molecule has 0 saturated carbocycles. The number of methoxy groups -OCH3 is 1. The van der Waals surface area contributed by atoms with Gasteiger partial charge in [0.25, 0.3) is 0 Å². The fourth-order valence-electron chi connectivity index (χ4n) is 2.97. The first-order valence-corrected chi connectivity index (χ1v) is 13.8. The molecule has 0 heterocycles. The van der Waals surface area contributed by atoms with Crippen molar-refractivity contribution in [2.75, 3.05) is 32.2 Å². The predicted molar refractivity (Wildman–Crippen MR) is 125 cm³/mol. The highest BCUT2D eigenvalue weighted by molar-refractivity contribution is 7.58. The van der Waals surface area contributed by atoms with Crippen LogP contribution in [0.25, 0.3) is 11.1 Å². The molecule has 0 aliphatic carbocycles. The van der Waals surface area contributed by atoms with Gasteiger partial charge in [-0.25, -0.2) is 0 Å². The molecule has 154 valence electrons. The number of ether oxygens (including phenoxy) is 1. The van der Waals surface area contributed by atoms with E-state index in [0.29, 0.717) is 15.2 Å². The van der Waals surface area contributed by atoms with Crippen molar-refractivity contribution in [2.45, 2.75) is 26.6 Å². The standard InChI is InChI=1S/C21H31O4P3/c1-5-27(6-2)17(3)25-28(22)24-15-16-26-21-10-8-7-9-20(21)18-11-13-19(23-4)14-12-18/h7-14,17,26,28H,5-6,15-16H2,1-4H3. The molecular weight excluding hydrogens is 409 g/mol. The molecule has 0 saturated heterocycles. The molecular formula is C21H31O4P3. The highest BCUT2D eigenvalue weighted by Gasteiger charge is 2.16. The van der Waals surface area contributed by atoms with Crippen molar-refractivity contribution in [2.24, 2.45) is 0 Å². The summed E-state index contributed by atoms with van der Waals surface area (Å²) < 4.78 is 28.4. The summed E-state index contributed by atoms with van der Waals surface area (Å²) in [7, 11) is -0.382. The Morgan fingerprint density at radius 2 is 1.75 bits per heavy atom. The van der Waals surface area contributed by atoms with Gasteiger partial charge in [-0.2, -0.15) is 0 Å². The van der Waals surface area contributed by atoms with Crippen LogP contribution in [-0.4, -0.2) is 38.0 Å². The SMILES string of the molecule is CCP(CC)C(C)O[PH](=O)OCCPc1ccccc1-c1ccc(OC)cc1. The predicted octanol–water partition coefficient (Wildman–Crippen LogP) is 5.96. The smallest absolute Gasteiger partial charge is 0.319 e. The van der Waals surface area contributed by atoms with Crippen molar-refractivity contribution in [1.82, 2.24) is 0 Å². The van der Waals surface area contributed by atoms with Crippen molar-refractivity contribution in [3.05, 3.63) is 48.5 Å². The summed E-state index contributed by atoms with van der Waals surface area (Å²) in [6, 6.07) is 16.5. The van der Waals surface area contributed by atoms with Gasteiger partial charge in [-0.05, 0) is 54.0 Å². The lowest BCUT2D eigenvalue weighted by atomic mass is 10.1. The maximum absolute atomic E-state index is 12.1. The van der Waals surface area contributed by atoms with Crippen LogP contribution in [0.4, 0.5) is 0 Å². The Labute approximate surface area is 172 Å². The highest BCUT2D eigenvalue weighted by atomic mass is 31.1. The maximum atomic E-state index is 12.1. The van der Waals surface area contributed by atoms with Gasteiger partial charge < -0.3 is 13.8 Å². The summed E-state index contributed by atoms with van der Waals surface area (Å²) in [6.45, 7) is 6.79. The molecule has 0 aromatic heterocycles. The van der Waals surface area contributed by atoms with Crippen LogP contribution in [0.1, 0.15) is 20.8 Å². The van der Waals surface area contributed by atoms with E-state index in [0.717, 1.165) is 24.2 Å². The van der Waals surface area contributed by atoms with Gasteiger partial charge in [-0.3, -0.25) is 4.57 Å². The third-order valence-corrected chi connectivity index (χ3v) is 9.77. The zero-order valence-corrected chi connectivity index (χ0v) is 20.0. The quantitative estimate of drug-likeness (QED) is 0.302. The molecule has 2 aromatic rings. The van der Waals surface area contributed by atoms with Crippen molar-refractivity contribution < 1.29 is 18.3 Å². The third-order valence-electron chi connectivity index (χ3n) is 4.56. The largest absolute Gasteiger partial charge is 0.497 e. The first-order valence-electron chi connectivity index (χ1n) is 9.63. The van der Waals surface area contributed by atoms with Gasteiger partial charge in [0.15, 0.2) is 0 Å². The Morgan fingerprint density at radius 3 is 2.39 bits per heavy atom. The molecule has 2 aromatic carbocycles. The second kappa shape index (κ2) is 12.7. The lowest BCUT2D eigenvalue weighted by Gasteiger charge is -2.21. The van der Waals surface area contributed by atoms with Crippen LogP contribution >= 0.6 is 24.8 Å². The van der Waals surface area contributed by atoms with E-state index in [2.05, 4.69) is 50.2 Å². The summed E-state index contributed by atoms with van der Waals surface area (Å²) in [5, 5.41) is 1.28. The Morgan fingerprint density at radius 1 is 1.07 bits per heavy atom. The number of benzene rings is 2. The summed E-state index contributed by atoms with van der Waals surface area (Å²) in [4.78, 5) is 0. The minimum absolute atomic E-state index is 0.0367. The Bertz CT molecular complexity index is 733. The van der Waals surface area contributed by atoms with Crippen LogP contribution in [0.5, 0.6) is 5.75 Å². The fourth-order valence-corrected chi connectivity index (χ4v) is 7.22. The summed E-state index contributed by atoms with van der Waals surface area (Å²) in [5.74, 6) is 0.890. The monoisotopic (exact) mass is 440 g/mol. The van der Waals surface area contributed by atoms with Gasteiger partial charge >= 0.3 is 8.25 Å². The van der Waals surface area contributed by atoms with Crippen LogP contribution < -0.4 is 10.0 Å². The van der Waals surface area contributed by atoms with E-state index in [-0.39, 0.29) is 13.8 Å². The van der Waals surface area contributed by atoms with E-state index in [9.17, 15) is 4.57 Å². The minimum Gasteiger partial charge on any atom is -0.497 e. The summed E-state index contributed by atoms with van der Waals surface area (Å²) in [5.41, 5.74) is 2.39. The van der Waals surface area contributed by atoms with Crippen molar-refractivity contribution >= 4 is 30.1 Å². The normalized spacial score (nSPS) is 13.9. The molecule has 0 aliphatic heterocycles. The lowest BCUT2D eigenvalue weighted by molar-refractivity contribution is 0.226. The van der Waals surface area contributed by atoms with Crippen LogP contribution in [0.3, 0.4) is 0 Å². The zero-order chi connectivity index (χ0) is 20.4. The fraction of sp³-hybridized carbons (Fsp3) is 0.429. The summed E-state index contributed by atoms with van der Waals surface area (Å²) in [6.07, 6.45) is 3.01. The van der Waals surface area contributed by atoms with Gasteiger partial charge in [0.2, 0.25) is 0 Å². The molecule has 0 aliphatic rings. The lowest BCUT2D eigenvalue weighted by Crippen LogP contribution is -2.06. The molecule has 0 amide bonds.